The molecule has 0 atom stereocenters. The van der Waals surface area contributed by atoms with Crippen molar-refractivity contribution in [1.29, 1.82) is 0 Å². The topological polar surface area (TPSA) is 58.6 Å². The zero-order valence-electron chi connectivity index (χ0n) is 15.5. The fourth-order valence-electron chi connectivity index (χ4n) is 2.90. The summed E-state index contributed by atoms with van der Waals surface area (Å²) in [5.41, 5.74) is 1.96. The molecule has 1 N–H and O–H groups in total. The van der Waals surface area contributed by atoms with Crippen molar-refractivity contribution in [3.63, 3.8) is 0 Å². The lowest BCUT2D eigenvalue weighted by atomic mass is 10.0. The molecule has 0 fully saturated rings. The number of anilines is 1. The van der Waals surface area contributed by atoms with E-state index in [1.54, 1.807) is 31.2 Å². The summed E-state index contributed by atoms with van der Waals surface area (Å²) in [6.07, 6.45) is 0.0789. The van der Waals surface area contributed by atoms with Crippen LogP contribution in [0.15, 0.2) is 54.2 Å². The van der Waals surface area contributed by atoms with E-state index in [1.807, 2.05) is 38.1 Å². The minimum Gasteiger partial charge on any atom is -0.491 e. The summed E-state index contributed by atoms with van der Waals surface area (Å²) in [4.78, 5) is 26.7. The molecule has 1 aliphatic rings. The van der Waals surface area contributed by atoms with Crippen LogP contribution in [0.1, 0.15) is 26.3 Å². The summed E-state index contributed by atoms with van der Waals surface area (Å²) in [5, 5.41) is 3.68. The first-order chi connectivity index (χ1) is 12.9. The molecule has 27 heavy (non-hydrogen) atoms. The van der Waals surface area contributed by atoms with E-state index in [9.17, 15) is 9.59 Å². The van der Waals surface area contributed by atoms with E-state index < -0.39 is 0 Å². The lowest BCUT2D eigenvalue weighted by Crippen LogP contribution is -2.32. The SMILES string of the molecule is CCN1C(=O)C(Nc2ccc(OC(C)C)cc2)=C(c2ccc(Cl)cc2)C1=O. The number of carbonyl (C=O) groups excluding carboxylic acids is 2. The number of nitrogens with zero attached hydrogens (tertiary/aromatic N) is 1. The van der Waals surface area contributed by atoms with Crippen LogP contribution in [0.3, 0.4) is 0 Å². The van der Waals surface area contributed by atoms with Crippen LogP contribution in [0, 0.1) is 0 Å². The number of benzene rings is 2. The highest BCUT2D eigenvalue weighted by Crippen LogP contribution is 2.31. The molecule has 5 nitrogen and oxygen atoms in total. The van der Waals surface area contributed by atoms with Crippen molar-refractivity contribution in [2.75, 3.05) is 11.9 Å². The molecular weight excluding hydrogens is 364 g/mol. The third-order valence-corrected chi connectivity index (χ3v) is 4.36. The molecule has 1 heterocycles. The summed E-state index contributed by atoms with van der Waals surface area (Å²) in [5.74, 6) is 0.0912. The Bertz CT molecular complexity index is 887. The highest BCUT2D eigenvalue weighted by Gasteiger charge is 2.38. The van der Waals surface area contributed by atoms with Crippen LogP contribution in [0.5, 0.6) is 5.75 Å². The van der Waals surface area contributed by atoms with E-state index in [0.29, 0.717) is 28.4 Å². The van der Waals surface area contributed by atoms with Gasteiger partial charge in [-0.25, -0.2) is 0 Å². The standard InChI is InChI=1S/C21H21ClN2O3/c1-4-24-20(25)18(14-5-7-15(22)8-6-14)19(21(24)26)23-16-9-11-17(12-10-16)27-13(2)3/h5-13,23H,4H2,1-3H3. The number of rotatable bonds is 6. The van der Waals surface area contributed by atoms with E-state index in [-0.39, 0.29) is 23.6 Å². The second-order valence-corrected chi connectivity index (χ2v) is 6.86. The fourth-order valence-corrected chi connectivity index (χ4v) is 3.02. The van der Waals surface area contributed by atoms with Gasteiger partial charge < -0.3 is 10.1 Å². The van der Waals surface area contributed by atoms with Gasteiger partial charge in [0.1, 0.15) is 11.4 Å². The Morgan fingerprint density at radius 1 is 1.00 bits per heavy atom. The number of hydrogen-bond donors (Lipinski definition) is 1. The molecule has 0 unspecified atom stereocenters. The van der Waals surface area contributed by atoms with Crippen molar-refractivity contribution in [1.82, 2.24) is 4.90 Å². The molecular formula is C21H21ClN2O3. The second kappa shape index (κ2) is 7.84. The van der Waals surface area contributed by atoms with Crippen LogP contribution in [0.2, 0.25) is 5.02 Å². The maximum atomic E-state index is 12.8. The first kappa shape index (κ1) is 19.0. The highest BCUT2D eigenvalue weighted by atomic mass is 35.5. The first-order valence-electron chi connectivity index (χ1n) is 8.81. The number of carbonyl (C=O) groups is 2. The Kier molecular flexibility index (Phi) is 5.51. The molecule has 0 radical (unpaired) electrons. The monoisotopic (exact) mass is 384 g/mol. The van der Waals surface area contributed by atoms with Gasteiger partial charge in [-0.15, -0.1) is 0 Å². The molecule has 0 saturated heterocycles. The number of nitrogens with one attached hydrogen (secondary N) is 1. The maximum absolute atomic E-state index is 12.8. The number of hydrogen-bond acceptors (Lipinski definition) is 4. The summed E-state index contributed by atoms with van der Waals surface area (Å²) >= 11 is 5.95. The van der Waals surface area contributed by atoms with Crippen molar-refractivity contribution in [3.8, 4) is 5.75 Å². The van der Waals surface area contributed by atoms with Gasteiger partial charge in [-0.3, -0.25) is 14.5 Å². The Morgan fingerprint density at radius 3 is 2.19 bits per heavy atom. The van der Waals surface area contributed by atoms with Crippen LogP contribution < -0.4 is 10.1 Å². The molecule has 2 aromatic carbocycles. The predicted molar refractivity (Wildman–Crippen MR) is 107 cm³/mol. The van der Waals surface area contributed by atoms with Crippen LogP contribution in [-0.4, -0.2) is 29.4 Å². The zero-order chi connectivity index (χ0) is 19.6. The zero-order valence-corrected chi connectivity index (χ0v) is 16.2. The molecule has 0 saturated carbocycles. The number of amides is 2. The number of halogens is 1. The van der Waals surface area contributed by atoms with Crippen molar-refractivity contribution < 1.29 is 14.3 Å². The summed E-state index contributed by atoms with van der Waals surface area (Å²) < 4.78 is 5.63. The van der Waals surface area contributed by atoms with Crippen LogP contribution in [0.4, 0.5) is 5.69 Å². The molecule has 2 amide bonds. The molecule has 1 aliphatic heterocycles. The van der Waals surface area contributed by atoms with E-state index >= 15 is 0 Å². The van der Waals surface area contributed by atoms with Gasteiger partial charge in [0.15, 0.2) is 0 Å². The Hall–Kier alpha value is -2.79. The summed E-state index contributed by atoms with van der Waals surface area (Å²) in [6.45, 7) is 5.99. The predicted octanol–water partition coefficient (Wildman–Crippen LogP) is 4.34. The molecule has 0 aliphatic carbocycles. The van der Waals surface area contributed by atoms with E-state index in [4.69, 9.17) is 16.3 Å². The van der Waals surface area contributed by atoms with Gasteiger partial charge in [-0.2, -0.15) is 0 Å². The van der Waals surface area contributed by atoms with Gasteiger partial charge in [-0.05, 0) is 62.7 Å². The summed E-state index contributed by atoms with van der Waals surface area (Å²) in [6, 6.07) is 14.2. The molecule has 0 aromatic heterocycles. The lowest BCUT2D eigenvalue weighted by Gasteiger charge is -2.13. The fraction of sp³-hybridized carbons (Fsp3) is 0.238. The molecule has 0 bridgehead atoms. The van der Waals surface area contributed by atoms with E-state index in [2.05, 4.69) is 5.32 Å². The van der Waals surface area contributed by atoms with Gasteiger partial charge in [0.05, 0.1) is 11.7 Å². The Labute approximate surface area is 163 Å². The van der Waals surface area contributed by atoms with Gasteiger partial charge in [-0.1, -0.05) is 23.7 Å². The van der Waals surface area contributed by atoms with Crippen molar-refractivity contribution in [2.24, 2.45) is 0 Å². The van der Waals surface area contributed by atoms with Crippen molar-refractivity contribution in [2.45, 2.75) is 26.9 Å². The third-order valence-electron chi connectivity index (χ3n) is 4.11. The van der Waals surface area contributed by atoms with E-state index in [0.717, 1.165) is 5.75 Å². The van der Waals surface area contributed by atoms with Gasteiger partial charge in [0.25, 0.3) is 11.8 Å². The Morgan fingerprint density at radius 2 is 1.63 bits per heavy atom. The number of likely N-dealkylation sites (N-methyl/N-ethyl adjacent to an activating group) is 1. The molecule has 2 aromatic rings. The normalized spacial score (nSPS) is 14.3. The van der Waals surface area contributed by atoms with Gasteiger partial charge in [0.2, 0.25) is 0 Å². The van der Waals surface area contributed by atoms with Crippen LogP contribution >= 0.6 is 11.6 Å². The molecule has 0 spiro atoms. The minimum atomic E-state index is -0.338. The number of imide groups is 1. The number of ether oxygens (including phenoxy) is 1. The van der Waals surface area contributed by atoms with Crippen molar-refractivity contribution in [3.05, 3.63) is 64.8 Å². The Balaban J connectivity index is 1.96. The maximum Gasteiger partial charge on any atom is 0.278 e. The first-order valence-corrected chi connectivity index (χ1v) is 9.18. The van der Waals surface area contributed by atoms with Gasteiger partial charge in [0, 0.05) is 17.3 Å². The van der Waals surface area contributed by atoms with Crippen LogP contribution in [-0.2, 0) is 9.59 Å². The second-order valence-electron chi connectivity index (χ2n) is 6.43. The molecule has 3 rings (SSSR count). The largest absolute Gasteiger partial charge is 0.491 e. The lowest BCUT2D eigenvalue weighted by molar-refractivity contribution is -0.136. The van der Waals surface area contributed by atoms with Crippen LogP contribution in [0.25, 0.3) is 5.57 Å². The highest BCUT2D eigenvalue weighted by molar-refractivity contribution is 6.36. The van der Waals surface area contributed by atoms with Crippen molar-refractivity contribution >= 4 is 34.7 Å². The quantitative estimate of drug-likeness (QED) is 0.753. The minimum absolute atomic E-state index is 0.0789. The third kappa shape index (κ3) is 3.98. The smallest absolute Gasteiger partial charge is 0.278 e. The van der Waals surface area contributed by atoms with E-state index in [1.165, 1.54) is 4.90 Å². The summed E-state index contributed by atoms with van der Waals surface area (Å²) in [7, 11) is 0. The molecule has 140 valence electrons. The van der Waals surface area contributed by atoms with Gasteiger partial charge >= 0.3 is 0 Å². The average molecular weight is 385 g/mol. The average Bonchev–Trinajstić information content (AvgIpc) is 2.87. The molecule has 6 heteroatoms.